The summed E-state index contributed by atoms with van der Waals surface area (Å²) in [4.78, 5) is 0. The van der Waals surface area contributed by atoms with E-state index in [9.17, 15) is 0 Å². The smallest absolute Gasteiger partial charge is 0.00201 e. The molecule has 13 aromatic rings. The third-order valence-electron chi connectivity index (χ3n) is 13.6. The van der Waals surface area contributed by atoms with Gasteiger partial charge in [-0.25, -0.2) is 0 Å². The summed E-state index contributed by atoms with van der Waals surface area (Å²) < 4.78 is 0. The first-order valence-electron chi connectivity index (χ1n) is 22.3. The highest BCUT2D eigenvalue weighted by atomic mass is 14.2. The number of hydrogen-bond donors (Lipinski definition) is 0. The van der Waals surface area contributed by atoms with Crippen molar-refractivity contribution >= 4 is 75.4 Å². The van der Waals surface area contributed by atoms with Crippen LogP contribution in [0.5, 0.6) is 0 Å². The average Bonchev–Trinajstić information content (AvgIpc) is 3.37. The van der Waals surface area contributed by atoms with Crippen molar-refractivity contribution < 1.29 is 0 Å². The van der Waals surface area contributed by atoms with Crippen LogP contribution in [0.2, 0.25) is 0 Å². The standard InChI is InChI=1S/C64H40/c1-2-18-44(19-3-1)61-49-24-6-8-26-51(49)63(52-27-9-7-25-50(52)61)57-33-15-21-42-35-37-45(39-59(42)57)46-38-36-43-22-16-34-58(60(43)40-46)64-55-30-12-10-28-53(55)62(54-29-11-13-31-56(54)64)48-32-14-20-41-17-4-5-23-47(41)48/h1-40H. The molecule has 0 aliphatic rings. The molecule has 0 bridgehead atoms. The van der Waals surface area contributed by atoms with Gasteiger partial charge in [0.2, 0.25) is 0 Å². The van der Waals surface area contributed by atoms with E-state index in [1.165, 1.54) is 131 Å². The Hall–Kier alpha value is -8.32. The van der Waals surface area contributed by atoms with Crippen LogP contribution < -0.4 is 0 Å². The molecule has 0 aromatic heterocycles. The van der Waals surface area contributed by atoms with E-state index < -0.39 is 0 Å². The SMILES string of the molecule is c1ccc(-c2c3ccccc3c(-c3cccc4ccc(-c5ccc6cccc(-c7c8ccccc8c(-c8cccc9ccccc89)c8ccccc78)c6c5)cc34)c3ccccc23)cc1. The molecule has 0 aliphatic carbocycles. The zero-order valence-corrected chi connectivity index (χ0v) is 35.1. The van der Waals surface area contributed by atoms with E-state index in [1.54, 1.807) is 0 Å². The van der Waals surface area contributed by atoms with E-state index in [4.69, 9.17) is 0 Å². The molecule has 0 N–H and O–H groups in total. The van der Waals surface area contributed by atoms with E-state index >= 15 is 0 Å². The fourth-order valence-corrected chi connectivity index (χ4v) is 10.8. The summed E-state index contributed by atoms with van der Waals surface area (Å²) in [5.41, 5.74) is 12.5. The van der Waals surface area contributed by atoms with Crippen LogP contribution in [-0.2, 0) is 0 Å². The maximum atomic E-state index is 2.43. The van der Waals surface area contributed by atoms with E-state index in [-0.39, 0.29) is 0 Å². The van der Waals surface area contributed by atoms with Gasteiger partial charge in [-0.1, -0.05) is 231 Å². The molecule has 0 unspecified atom stereocenters. The number of rotatable bonds is 5. The molecule has 0 heterocycles. The van der Waals surface area contributed by atoms with Crippen molar-refractivity contribution in [2.24, 2.45) is 0 Å². The highest BCUT2D eigenvalue weighted by Crippen LogP contribution is 2.48. The van der Waals surface area contributed by atoms with Crippen LogP contribution in [0.4, 0.5) is 0 Å². The molecule has 0 heteroatoms. The minimum absolute atomic E-state index is 1.20. The second-order valence-electron chi connectivity index (χ2n) is 17.1. The molecule has 0 spiro atoms. The predicted molar refractivity (Wildman–Crippen MR) is 276 cm³/mol. The Balaban J connectivity index is 1.03. The summed E-state index contributed by atoms with van der Waals surface area (Å²) in [6, 6.07) is 89.9. The van der Waals surface area contributed by atoms with Crippen molar-refractivity contribution in [2.45, 2.75) is 0 Å². The summed E-state index contributed by atoms with van der Waals surface area (Å²) in [7, 11) is 0. The number of benzene rings is 13. The van der Waals surface area contributed by atoms with Gasteiger partial charge in [0, 0.05) is 0 Å². The van der Waals surface area contributed by atoms with Crippen LogP contribution >= 0.6 is 0 Å². The van der Waals surface area contributed by atoms with Crippen molar-refractivity contribution in [3.8, 4) is 55.6 Å². The fraction of sp³-hybridized carbons (Fsp3) is 0. The van der Waals surface area contributed by atoms with Crippen molar-refractivity contribution in [3.63, 3.8) is 0 Å². The van der Waals surface area contributed by atoms with E-state index in [2.05, 4.69) is 243 Å². The van der Waals surface area contributed by atoms with Crippen molar-refractivity contribution in [3.05, 3.63) is 243 Å². The number of fused-ring (bicyclic) bond motifs is 7. The fourth-order valence-electron chi connectivity index (χ4n) is 10.8. The Morgan fingerprint density at radius 2 is 0.453 bits per heavy atom. The van der Waals surface area contributed by atoms with Gasteiger partial charge in [0.15, 0.2) is 0 Å². The van der Waals surface area contributed by atoms with Crippen molar-refractivity contribution in [1.29, 1.82) is 0 Å². The molecule has 0 radical (unpaired) electrons. The Morgan fingerprint density at radius 3 is 0.859 bits per heavy atom. The average molecular weight is 809 g/mol. The molecule has 64 heavy (non-hydrogen) atoms. The minimum atomic E-state index is 1.20. The second kappa shape index (κ2) is 14.7. The largest absolute Gasteiger partial charge is 0.0622 e. The molecule has 296 valence electrons. The van der Waals surface area contributed by atoms with Gasteiger partial charge in [-0.05, 0) is 143 Å². The van der Waals surface area contributed by atoms with Crippen LogP contribution in [0.25, 0.3) is 131 Å². The summed E-state index contributed by atoms with van der Waals surface area (Å²) in [6.45, 7) is 0. The highest BCUT2D eigenvalue weighted by molar-refractivity contribution is 6.26. The highest BCUT2D eigenvalue weighted by Gasteiger charge is 2.21. The molecule has 13 rings (SSSR count). The van der Waals surface area contributed by atoms with Gasteiger partial charge in [-0.15, -0.1) is 0 Å². The van der Waals surface area contributed by atoms with Crippen LogP contribution in [0.15, 0.2) is 243 Å². The maximum absolute atomic E-state index is 2.43. The van der Waals surface area contributed by atoms with Gasteiger partial charge < -0.3 is 0 Å². The van der Waals surface area contributed by atoms with Crippen LogP contribution in [0.3, 0.4) is 0 Å². The van der Waals surface area contributed by atoms with E-state index in [0.717, 1.165) is 0 Å². The summed E-state index contributed by atoms with van der Waals surface area (Å²) >= 11 is 0. The summed E-state index contributed by atoms with van der Waals surface area (Å²) in [6.07, 6.45) is 0. The monoisotopic (exact) mass is 808 g/mol. The molecule has 0 fully saturated rings. The van der Waals surface area contributed by atoms with Crippen molar-refractivity contribution in [2.75, 3.05) is 0 Å². The van der Waals surface area contributed by atoms with Crippen LogP contribution in [-0.4, -0.2) is 0 Å². The van der Waals surface area contributed by atoms with Crippen LogP contribution in [0.1, 0.15) is 0 Å². The topological polar surface area (TPSA) is 0 Å². The molecule has 0 atom stereocenters. The Labute approximate surface area is 371 Å². The molecular weight excluding hydrogens is 769 g/mol. The molecule has 0 aliphatic heterocycles. The first kappa shape index (κ1) is 36.3. The quantitative estimate of drug-likeness (QED) is 0.152. The van der Waals surface area contributed by atoms with Gasteiger partial charge >= 0.3 is 0 Å². The Bertz CT molecular complexity index is 3880. The molecule has 13 aromatic carbocycles. The lowest BCUT2D eigenvalue weighted by Gasteiger charge is -2.20. The summed E-state index contributed by atoms with van der Waals surface area (Å²) in [5, 5.41) is 17.6. The third kappa shape index (κ3) is 5.63. The first-order chi connectivity index (χ1) is 31.8. The molecule has 0 amide bonds. The van der Waals surface area contributed by atoms with Gasteiger partial charge in [0.1, 0.15) is 0 Å². The normalized spacial score (nSPS) is 11.8. The summed E-state index contributed by atoms with van der Waals surface area (Å²) in [5.74, 6) is 0. The minimum Gasteiger partial charge on any atom is -0.0622 e. The van der Waals surface area contributed by atoms with Gasteiger partial charge in [-0.2, -0.15) is 0 Å². The molecule has 0 saturated heterocycles. The zero-order chi connectivity index (χ0) is 42.1. The van der Waals surface area contributed by atoms with E-state index in [0.29, 0.717) is 0 Å². The lowest BCUT2D eigenvalue weighted by molar-refractivity contribution is 1.65. The lowest BCUT2D eigenvalue weighted by Crippen LogP contribution is -1.92. The predicted octanol–water partition coefficient (Wildman–Crippen LogP) is 18.1. The third-order valence-corrected chi connectivity index (χ3v) is 13.6. The lowest BCUT2D eigenvalue weighted by atomic mass is 9.83. The Morgan fingerprint density at radius 1 is 0.156 bits per heavy atom. The second-order valence-corrected chi connectivity index (χ2v) is 17.1. The van der Waals surface area contributed by atoms with Gasteiger partial charge in [0.05, 0.1) is 0 Å². The molecule has 0 nitrogen and oxygen atoms in total. The van der Waals surface area contributed by atoms with Gasteiger partial charge in [0.25, 0.3) is 0 Å². The van der Waals surface area contributed by atoms with Crippen LogP contribution in [0, 0.1) is 0 Å². The van der Waals surface area contributed by atoms with Gasteiger partial charge in [-0.3, -0.25) is 0 Å². The Kier molecular flexibility index (Phi) is 8.32. The molecular formula is C64H40. The van der Waals surface area contributed by atoms with E-state index in [1.807, 2.05) is 0 Å². The zero-order valence-electron chi connectivity index (χ0n) is 35.1. The first-order valence-corrected chi connectivity index (χ1v) is 22.3. The molecule has 0 saturated carbocycles. The number of hydrogen-bond acceptors (Lipinski definition) is 0. The van der Waals surface area contributed by atoms with Crippen molar-refractivity contribution in [1.82, 2.24) is 0 Å². The maximum Gasteiger partial charge on any atom is -0.00201 e.